The number of rotatable bonds is 1. The van der Waals surface area contributed by atoms with E-state index in [1.165, 1.54) is 38.5 Å². The zero-order valence-corrected chi connectivity index (χ0v) is 12.9. The molecule has 0 aliphatic carbocycles. The molecule has 110 valence electrons. The third-order valence-corrected chi connectivity index (χ3v) is 4.63. The van der Waals surface area contributed by atoms with Gasteiger partial charge in [0.25, 0.3) is 0 Å². The smallest absolute Gasteiger partial charge is 0.228 e. The van der Waals surface area contributed by atoms with Crippen LogP contribution in [0.15, 0.2) is 0 Å². The highest BCUT2D eigenvalue weighted by atomic mass is 16.2. The minimum atomic E-state index is -0.241. The summed E-state index contributed by atoms with van der Waals surface area (Å²) in [6.45, 7) is 9.39. The van der Waals surface area contributed by atoms with E-state index in [1.807, 2.05) is 0 Å². The van der Waals surface area contributed by atoms with Gasteiger partial charge in [-0.25, -0.2) is 0 Å². The van der Waals surface area contributed by atoms with Crippen LogP contribution in [0.3, 0.4) is 0 Å². The van der Waals surface area contributed by atoms with Gasteiger partial charge in [-0.05, 0) is 44.7 Å². The van der Waals surface area contributed by atoms with Gasteiger partial charge >= 0.3 is 0 Å². The molecule has 1 N–H and O–H groups in total. The fraction of sp³-hybridized carbons (Fsp3) is 0.938. The van der Waals surface area contributed by atoms with Crippen molar-refractivity contribution in [3.8, 4) is 0 Å². The minimum Gasteiger partial charge on any atom is -0.339 e. The van der Waals surface area contributed by atoms with Crippen LogP contribution in [0, 0.1) is 11.3 Å². The summed E-state index contributed by atoms with van der Waals surface area (Å²) in [5.74, 6) is 1.07. The number of carbonyl (C=O) groups is 1. The van der Waals surface area contributed by atoms with Crippen molar-refractivity contribution in [3.05, 3.63) is 0 Å². The van der Waals surface area contributed by atoms with E-state index < -0.39 is 0 Å². The molecule has 19 heavy (non-hydrogen) atoms. The number of likely N-dealkylation sites (tertiary alicyclic amines) is 1. The predicted octanol–water partition coefficient (Wildman–Crippen LogP) is 2.80. The van der Waals surface area contributed by atoms with Gasteiger partial charge in [-0.1, -0.05) is 33.6 Å². The van der Waals surface area contributed by atoms with Gasteiger partial charge < -0.3 is 10.2 Å². The fourth-order valence-electron chi connectivity index (χ4n) is 3.54. The molecule has 2 aliphatic rings. The summed E-state index contributed by atoms with van der Waals surface area (Å²) in [6.07, 6.45) is 7.45. The van der Waals surface area contributed by atoms with Crippen LogP contribution >= 0.6 is 0 Å². The third kappa shape index (κ3) is 3.71. The first-order valence-corrected chi connectivity index (χ1v) is 8.02. The quantitative estimate of drug-likeness (QED) is 0.791. The Bertz CT molecular complexity index is 302. The van der Waals surface area contributed by atoms with Gasteiger partial charge in [-0.2, -0.15) is 0 Å². The van der Waals surface area contributed by atoms with Crippen LogP contribution in [-0.2, 0) is 4.79 Å². The minimum absolute atomic E-state index is 0.241. The summed E-state index contributed by atoms with van der Waals surface area (Å²) in [4.78, 5) is 15.0. The summed E-state index contributed by atoms with van der Waals surface area (Å²) < 4.78 is 0. The lowest BCUT2D eigenvalue weighted by Gasteiger charge is -2.40. The lowest BCUT2D eigenvalue weighted by Crippen LogP contribution is -2.50. The molecule has 2 saturated heterocycles. The number of hydrogen-bond donors (Lipinski definition) is 1. The van der Waals surface area contributed by atoms with Crippen LogP contribution in [0.25, 0.3) is 0 Å². The van der Waals surface area contributed by atoms with Crippen LogP contribution in [-0.4, -0.2) is 36.5 Å². The first-order chi connectivity index (χ1) is 9.00. The SMILES string of the molecule is CC(C)(C)C(=O)N1CCCCCC1C1CCNCC1. The zero-order valence-electron chi connectivity index (χ0n) is 12.9. The van der Waals surface area contributed by atoms with Gasteiger partial charge in [0.1, 0.15) is 0 Å². The van der Waals surface area contributed by atoms with Crippen LogP contribution in [0.4, 0.5) is 0 Å². The molecule has 0 spiro atoms. The van der Waals surface area contributed by atoms with Crippen LogP contribution < -0.4 is 5.32 Å². The largest absolute Gasteiger partial charge is 0.339 e. The second kappa shape index (κ2) is 6.25. The Morgan fingerprint density at radius 2 is 1.74 bits per heavy atom. The molecule has 1 atom stereocenters. The summed E-state index contributed by atoms with van der Waals surface area (Å²) in [5.41, 5.74) is -0.241. The van der Waals surface area contributed by atoms with Crippen LogP contribution in [0.1, 0.15) is 59.3 Å². The Morgan fingerprint density at radius 1 is 1.05 bits per heavy atom. The number of carbonyl (C=O) groups excluding carboxylic acids is 1. The zero-order chi connectivity index (χ0) is 13.9. The van der Waals surface area contributed by atoms with Crippen molar-refractivity contribution in [1.29, 1.82) is 0 Å². The van der Waals surface area contributed by atoms with Gasteiger partial charge in [0, 0.05) is 18.0 Å². The van der Waals surface area contributed by atoms with E-state index in [9.17, 15) is 4.79 Å². The van der Waals surface area contributed by atoms with E-state index in [2.05, 4.69) is 31.0 Å². The molecule has 3 heteroatoms. The maximum absolute atomic E-state index is 12.7. The Labute approximate surface area is 118 Å². The van der Waals surface area contributed by atoms with E-state index in [0.29, 0.717) is 17.9 Å². The maximum Gasteiger partial charge on any atom is 0.228 e. The topological polar surface area (TPSA) is 32.3 Å². The number of piperidine rings is 1. The van der Waals surface area contributed by atoms with E-state index in [1.54, 1.807) is 0 Å². The maximum atomic E-state index is 12.7. The molecule has 0 radical (unpaired) electrons. The first kappa shape index (κ1) is 14.8. The molecule has 0 saturated carbocycles. The molecule has 0 aromatic carbocycles. The van der Waals surface area contributed by atoms with Crippen molar-refractivity contribution in [3.63, 3.8) is 0 Å². The fourth-order valence-corrected chi connectivity index (χ4v) is 3.54. The van der Waals surface area contributed by atoms with Crippen molar-refractivity contribution in [2.45, 2.75) is 65.3 Å². The lowest BCUT2D eigenvalue weighted by molar-refractivity contribution is -0.143. The summed E-state index contributed by atoms with van der Waals surface area (Å²) >= 11 is 0. The predicted molar refractivity (Wildman–Crippen MR) is 79.0 cm³/mol. The Kier molecular flexibility index (Phi) is 4.88. The second-order valence-electron chi connectivity index (χ2n) is 7.25. The highest BCUT2D eigenvalue weighted by Crippen LogP contribution is 2.31. The molecule has 0 aromatic heterocycles. The standard InChI is InChI=1S/C16H30N2O/c1-16(2,3)15(19)18-12-6-4-5-7-14(18)13-8-10-17-11-9-13/h13-14,17H,4-12H2,1-3H3. The number of amides is 1. The summed E-state index contributed by atoms with van der Waals surface area (Å²) in [7, 11) is 0. The van der Waals surface area contributed by atoms with E-state index in [0.717, 1.165) is 19.6 Å². The monoisotopic (exact) mass is 266 g/mol. The molecule has 0 aromatic rings. The Balaban J connectivity index is 2.12. The molecule has 2 rings (SSSR count). The van der Waals surface area contributed by atoms with Gasteiger partial charge in [0.15, 0.2) is 0 Å². The van der Waals surface area contributed by atoms with Crippen LogP contribution in [0.2, 0.25) is 0 Å². The average molecular weight is 266 g/mol. The lowest BCUT2D eigenvalue weighted by atomic mass is 9.85. The molecule has 1 amide bonds. The van der Waals surface area contributed by atoms with Crippen LogP contribution in [0.5, 0.6) is 0 Å². The number of nitrogens with zero attached hydrogens (tertiary/aromatic N) is 1. The van der Waals surface area contributed by atoms with Crippen molar-refractivity contribution in [2.24, 2.45) is 11.3 Å². The summed E-state index contributed by atoms with van der Waals surface area (Å²) in [5, 5.41) is 3.44. The summed E-state index contributed by atoms with van der Waals surface area (Å²) in [6, 6.07) is 0.497. The first-order valence-electron chi connectivity index (χ1n) is 8.02. The van der Waals surface area contributed by atoms with Gasteiger partial charge in [0.2, 0.25) is 5.91 Å². The van der Waals surface area contributed by atoms with Crippen molar-refractivity contribution in [1.82, 2.24) is 10.2 Å². The second-order valence-corrected chi connectivity index (χ2v) is 7.25. The van der Waals surface area contributed by atoms with E-state index in [-0.39, 0.29) is 5.41 Å². The Morgan fingerprint density at radius 3 is 2.37 bits per heavy atom. The molecule has 3 nitrogen and oxygen atoms in total. The van der Waals surface area contributed by atoms with Gasteiger partial charge in [-0.15, -0.1) is 0 Å². The van der Waals surface area contributed by atoms with Crippen molar-refractivity contribution < 1.29 is 4.79 Å². The van der Waals surface area contributed by atoms with Crippen molar-refractivity contribution in [2.75, 3.05) is 19.6 Å². The van der Waals surface area contributed by atoms with E-state index >= 15 is 0 Å². The molecular formula is C16H30N2O. The van der Waals surface area contributed by atoms with Gasteiger partial charge in [0.05, 0.1) is 0 Å². The normalized spacial score (nSPS) is 27.1. The van der Waals surface area contributed by atoms with E-state index in [4.69, 9.17) is 0 Å². The Hall–Kier alpha value is -0.570. The molecule has 1 unspecified atom stereocenters. The number of hydrogen-bond acceptors (Lipinski definition) is 2. The molecule has 2 fully saturated rings. The number of nitrogens with one attached hydrogen (secondary N) is 1. The molecule has 0 bridgehead atoms. The average Bonchev–Trinajstić information content (AvgIpc) is 2.63. The van der Waals surface area contributed by atoms with Crippen molar-refractivity contribution >= 4 is 5.91 Å². The highest BCUT2D eigenvalue weighted by Gasteiger charge is 2.36. The molecule has 2 heterocycles. The molecular weight excluding hydrogens is 236 g/mol. The van der Waals surface area contributed by atoms with Gasteiger partial charge in [-0.3, -0.25) is 4.79 Å². The third-order valence-electron chi connectivity index (χ3n) is 4.63. The highest BCUT2D eigenvalue weighted by molar-refractivity contribution is 5.81. The molecule has 2 aliphatic heterocycles.